The van der Waals surface area contributed by atoms with Crippen molar-refractivity contribution in [3.05, 3.63) is 81.5 Å². The van der Waals surface area contributed by atoms with Crippen LogP contribution in [0, 0.1) is 13.8 Å². The lowest BCUT2D eigenvalue weighted by Gasteiger charge is -2.11. The quantitative estimate of drug-likeness (QED) is 0.593. The Labute approximate surface area is 150 Å². The summed E-state index contributed by atoms with van der Waals surface area (Å²) in [5, 5.41) is 11.3. The van der Waals surface area contributed by atoms with Crippen LogP contribution in [0.25, 0.3) is 11.6 Å². The van der Waals surface area contributed by atoms with E-state index in [0.29, 0.717) is 5.57 Å². The molecule has 0 amide bonds. The summed E-state index contributed by atoms with van der Waals surface area (Å²) in [5.74, 6) is 0.650. The molecule has 3 aromatic rings. The van der Waals surface area contributed by atoms with E-state index >= 15 is 0 Å². The predicted octanol–water partition coefficient (Wildman–Crippen LogP) is 5.78. The zero-order valence-electron chi connectivity index (χ0n) is 14.0. The van der Waals surface area contributed by atoms with E-state index in [2.05, 4.69) is 0 Å². The largest absolute Gasteiger partial charge is 0.478 e. The number of ether oxygens (including phenoxy) is 1. The van der Waals surface area contributed by atoms with Gasteiger partial charge in [-0.05, 0) is 60.2 Å². The normalized spacial score (nSPS) is 11.4. The maximum Gasteiger partial charge on any atom is 0.337 e. The molecule has 126 valence electrons. The second-order valence-corrected chi connectivity index (χ2v) is 6.68. The van der Waals surface area contributed by atoms with Crippen LogP contribution < -0.4 is 4.74 Å². The van der Waals surface area contributed by atoms with Gasteiger partial charge in [-0.25, -0.2) is 4.79 Å². The van der Waals surface area contributed by atoms with E-state index in [-0.39, 0.29) is 0 Å². The Morgan fingerprint density at radius 2 is 1.68 bits per heavy atom. The molecule has 1 N–H and O–H groups in total. The van der Waals surface area contributed by atoms with Gasteiger partial charge in [0, 0.05) is 4.88 Å². The topological polar surface area (TPSA) is 46.5 Å². The molecule has 0 fully saturated rings. The maximum atomic E-state index is 11.5. The van der Waals surface area contributed by atoms with Crippen molar-refractivity contribution in [1.29, 1.82) is 0 Å². The van der Waals surface area contributed by atoms with Gasteiger partial charge in [0.1, 0.15) is 11.5 Å². The Kier molecular flexibility index (Phi) is 5.00. The molecule has 2 aromatic carbocycles. The Morgan fingerprint density at radius 3 is 2.24 bits per heavy atom. The van der Waals surface area contributed by atoms with E-state index in [9.17, 15) is 9.90 Å². The highest BCUT2D eigenvalue weighted by Crippen LogP contribution is 2.29. The molecular formula is C21H18O3S. The van der Waals surface area contributed by atoms with Crippen LogP contribution in [-0.4, -0.2) is 11.1 Å². The number of aliphatic carboxylic acids is 1. The molecule has 0 saturated heterocycles. The lowest BCUT2D eigenvalue weighted by molar-refractivity contribution is -0.130. The molecule has 25 heavy (non-hydrogen) atoms. The van der Waals surface area contributed by atoms with E-state index in [4.69, 9.17) is 4.74 Å². The molecule has 3 nitrogen and oxygen atoms in total. The number of carboxylic acid groups (broad SMARTS) is 1. The van der Waals surface area contributed by atoms with Crippen LogP contribution in [-0.2, 0) is 4.79 Å². The van der Waals surface area contributed by atoms with Crippen molar-refractivity contribution in [1.82, 2.24) is 0 Å². The molecule has 0 atom stereocenters. The summed E-state index contributed by atoms with van der Waals surface area (Å²) in [6.45, 7) is 4.03. The van der Waals surface area contributed by atoms with Gasteiger partial charge >= 0.3 is 5.97 Å². The molecule has 0 aliphatic carbocycles. The number of benzene rings is 2. The molecule has 0 saturated carbocycles. The fraction of sp³-hybridized carbons (Fsp3) is 0.0952. The number of thiophene rings is 1. The van der Waals surface area contributed by atoms with Gasteiger partial charge < -0.3 is 9.84 Å². The van der Waals surface area contributed by atoms with Gasteiger partial charge in [0.2, 0.25) is 0 Å². The minimum atomic E-state index is -0.932. The number of aryl methyl sites for hydroxylation is 2. The van der Waals surface area contributed by atoms with Gasteiger partial charge in [-0.3, -0.25) is 0 Å². The van der Waals surface area contributed by atoms with Crippen molar-refractivity contribution in [3.8, 4) is 11.5 Å². The number of carbonyl (C=O) groups is 1. The third-order valence-electron chi connectivity index (χ3n) is 3.84. The van der Waals surface area contributed by atoms with Crippen molar-refractivity contribution in [2.75, 3.05) is 0 Å². The molecule has 0 aliphatic heterocycles. The van der Waals surface area contributed by atoms with Crippen LogP contribution in [0.1, 0.15) is 21.6 Å². The monoisotopic (exact) mass is 350 g/mol. The summed E-state index contributed by atoms with van der Waals surface area (Å²) in [5.41, 5.74) is 3.27. The second-order valence-electron chi connectivity index (χ2n) is 5.73. The first-order valence-electron chi connectivity index (χ1n) is 7.87. The smallest absolute Gasteiger partial charge is 0.337 e. The van der Waals surface area contributed by atoms with Crippen LogP contribution in [0.15, 0.2) is 60.0 Å². The Hall–Kier alpha value is -2.85. The van der Waals surface area contributed by atoms with Crippen LogP contribution >= 0.6 is 11.3 Å². The van der Waals surface area contributed by atoms with Gasteiger partial charge in [0.25, 0.3) is 0 Å². The van der Waals surface area contributed by atoms with Gasteiger partial charge in [-0.2, -0.15) is 0 Å². The fourth-order valence-corrected chi connectivity index (χ4v) is 3.28. The molecule has 0 aliphatic rings. The number of rotatable bonds is 5. The highest BCUT2D eigenvalue weighted by Gasteiger charge is 2.11. The van der Waals surface area contributed by atoms with Crippen LogP contribution in [0.2, 0.25) is 0 Å². The highest BCUT2D eigenvalue weighted by molar-refractivity contribution is 7.11. The Balaban J connectivity index is 1.85. The molecule has 3 rings (SSSR count). The number of hydrogen-bond acceptors (Lipinski definition) is 3. The molecule has 1 heterocycles. The molecule has 1 aromatic heterocycles. The third-order valence-corrected chi connectivity index (χ3v) is 4.74. The molecular weight excluding hydrogens is 332 g/mol. The zero-order valence-corrected chi connectivity index (χ0v) is 14.8. The number of carboxylic acids is 1. The summed E-state index contributed by atoms with van der Waals surface area (Å²) in [6, 6.07) is 17.1. The third kappa shape index (κ3) is 3.98. The summed E-state index contributed by atoms with van der Waals surface area (Å²) >= 11 is 1.41. The summed E-state index contributed by atoms with van der Waals surface area (Å²) in [7, 11) is 0. The summed E-state index contributed by atoms with van der Waals surface area (Å²) in [6.07, 6.45) is 1.68. The minimum absolute atomic E-state index is 0.290. The van der Waals surface area contributed by atoms with E-state index in [1.165, 1.54) is 11.3 Å². The van der Waals surface area contributed by atoms with E-state index in [1.807, 2.05) is 73.8 Å². The predicted molar refractivity (Wildman–Crippen MR) is 102 cm³/mol. The SMILES string of the molecule is Cc1cccc(C)c1Oc1ccc(/C=C(\C(=O)O)c2cccs2)cc1. The summed E-state index contributed by atoms with van der Waals surface area (Å²) in [4.78, 5) is 12.2. The molecule has 0 bridgehead atoms. The first-order valence-corrected chi connectivity index (χ1v) is 8.75. The van der Waals surface area contributed by atoms with Crippen molar-refractivity contribution in [2.45, 2.75) is 13.8 Å². The fourth-order valence-electron chi connectivity index (χ4n) is 2.55. The first-order chi connectivity index (χ1) is 12.0. The van der Waals surface area contributed by atoms with Gasteiger partial charge in [-0.1, -0.05) is 36.4 Å². The zero-order chi connectivity index (χ0) is 17.8. The lowest BCUT2D eigenvalue weighted by atomic mass is 10.1. The van der Waals surface area contributed by atoms with Crippen molar-refractivity contribution in [3.63, 3.8) is 0 Å². The standard InChI is InChI=1S/C21H18O3S/c1-14-5-3-6-15(2)20(14)24-17-10-8-16(9-11-17)13-18(21(22)23)19-7-4-12-25-19/h3-13H,1-2H3,(H,22,23)/b18-13-. The van der Waals surface area contributed by atoms with E-state index < -0.39 is 5.97 Å². The second kappa shape index (κ2) is 7.36. The highest BCUT2D eigenvalue weighted by atomic mass is 32.1. The first kappa shape index (κ1) is 17.0. The van der Waals surface area contributed by atoms with Crippen molar-refractivity contribution in [2.24, 2.45) is 0 Å². The summed E-state index contributed by atoms with van der Waals surface area (Å²) < 4.78 is 5.98. The average molecular weight is 350 g/mol. The van der Waals surface area contributed by atoms with Gasteiger partial charge in [0.15, 0.2) is 0 Å². The van der Waals surface area contributed by atoms with Gasteiger partial charge in [-0.15, -0.1) is 11.3 Å². The Morgan fingerprint density at radius 1 is 1.00 bits per heavy atom. The molecule has 4 heteroatoms. The van der Waals surface area contributed by atoms with E-state index in [1.54, 1.807) is 6.08 Å². The van der Waals surface area contributed by atoms with Crippen molar-refractivity contribution < 1.29 is 14.6 Å². The number of hydrogen-bond donors (Lipinski definition) is 1. The minimum Gasteiger partial charge on any atom is -0.478 e. The number of para-hydroxylation sites is 1. The van der Waals surface area contributed by atoms with Gasteiger partial charge in [0.05, 0.1) is 5.57 Å². The lowest BCUT2D eigenvalue weighted by Crippen LogP contribution is -1.97. The average Bonchev–Trinajstić information content (AvgIpc) is 3.11. The van der Waals surface area contributed by atoms with Crippen LogP contribution in [0.3, 0.4) is 0 Å². The molecule has 0 radical (unpaired) electrons. The van der Waals surface area contributed by atoms with Crippen molar-refractivity contribution >= 4 is 29.0 Å². The van der Waals surface area contributed by atoms with E-state index in [0.717, 1.165) is 33.1 Å². The maximum absolute atomic E-state index is 11.5. The Bertz CT molecular complexity index is 887. The molecule has 0 spiro atoms. The van der Waals surface area contributed by atoms with Crippen LogP contribution in [0.5, 0.6) is 11.5 Å². The van der Waals surface area contributed by atoms with Crippen LogP contribution in [0.4, 0.5) is 0 Å². The molecule has 0 unspecified atom stereocenters.